The highest BCUT2D eigenvalue weighted by Crippen LogP contribution is 2.29. The predicted octanol–water partition coefficient (Wildman–Crippen LogP) is 2.82. The Morgan fingerprint density at radius 2 is 1.92 bits per heavy atom. The number of anilines is 1. The number of morpholine rings is 1. The van der Waals surface area contributed by atoms with Crippen LogP contribution in [0.5, 0.6) is 0 Å². The lowest BCUT2D eigenvalue weighted by atomic mass is 10.2. The molecule has 0 spiro atoms. The number of nitrogens with one attached hydrogen (secondary N) is 1. The number of nitrogens with zero attached hydrogens (tertiary/aromatic N) is 1. The molecule has 24 heavy (non-hydrogen) atoms. The summed E-state index contributed by atoms with van der Waals surface area (Å²) in [7, 11) is -3.75. The fraction of sp³-hybridized carbons (Fsp3) is 0.533. The fourth-order valence-electron chi connectivity index (χ4n) is 2.15. The van der Waals surface area contributed by atoms with E-state index in [-0.39, 0.29) is 23.7 Å². The number of hydrogen-bond acceptors (Lipinski definition) is 5. The molecule has 0 unspecified atom stereocenters. The second kappa shape index (κ2) is 7.38. The maximum absolute atomic E-state index is 12.9. The molecule has 0 radical (unpaired) electrons. The van der Waals surface area contributed by atoms with Gasteiger partial charge in [0.15, 0.2) is 0 Å². The first-order valence-corrected chi connectivity index (χ1v) is 9.70. The highest BCUT2D eigenvalue weighted by atomic mass is 79.9. The van der Waals surface area contributed by atoms with E-state index in [4.69, 9.17) is 9.47 Å². The number of carbonyl (C=O) groups is 1. The zero-order chi connectivity index (χ0) is 18.0. The van der Waals surface area contributed by atoms with Gasteiger partial charge in [-0.15, -0.1) is 0 Å². The summed E-state index contributed by atoms with van der Waals surface area (Å²) in [5.74, 6) is 0. The number of hydrogen-bond donors (Lipinski definition) is 1. The molecular weight excluding hydrogens is 400 g/mol. The van der Waals surface area contributed by atoms with Gasteiger partial charge in [0, 0.05) is 17.6 Å². The molecule has 1 aliphatic heterocycles. The number of amides is 1. The van der Waals surface area contributed by atoms with Crippen molar-refractivity contribution in [1.82, 2.24) is 4.31 Å². The summed E-state index contributed by atoms with van der Waals surface area (Å²) in [5.41, 5.74) is -0.498. The van der Waals surface area contributed by atoms with E-state index in [9.17, 15) is 13.2 Å². The van der Waals surface area contributed by atoms with Crippen LogP contribution in [-0.2, 0) is 19.5 Å². The van der Waals surface area contributed by atoms with Crippen molar-refractivity contribution in [2.45, 2.75) is 31.3 Å². The summed E-state index contributed by atoms with van der Waals surface area (Å²) < 4.78 is 38.1. The number of ether oxygens (including phenoxy) is 2. The van der Waals surface area contributed by atoms with Gasteiger partial charge in [-0.25, -0.2) is 13.2 Å². The second-order valence-electron chi connectivity index (χ2n) is 6.28. The lowest BCUT2D eigenvalue weighted by Crippen LogP contribution is -2.41. The molecule has 0 aliphatic carbocycles. The Morgan fingerprint density at radius 1 is 1.29 bits per heavy atom. The molecule has 0 bridgehead atoms. The van der Waals surface area contributed by atoms with Crippen molar-refractivity contribution in [3.05, 3.63) is 22.7 Å². The monoisotopic (exact) mass is 420 g/mol. The zero-order valence-electron chi connectivity index (χ0n) is 13.8. The molecule has 9 heteroatoms. The van der Waals surface area contributed by atoms with Crippen molar-refractivity contribution >= 4 is 37.7 Å². The predicted molar refractivity (Wildman–Crippen MR) is 93.6 cm³/mol. The van der Waals surface area contributed by atoms with Gasteiger partial charge in [0.25, 0.3) is 0 Å². The van der Waals surface area contributed by atoms with Gasteiger partial charge in [-0.3, -0.25) is 5.32 Å². The van der Waals surface area contributed by atoms with E-state index >= 15 is 0 Å². The molecule has 1 aliphatic rings. The highest BCUT2D eigenvalue weighted by Gasteiger charge is 2.30. The summed E-state index contributed by atoms with van der Waals surface area (Å²) in [4.78, 5) is 12.0. The van der Waals surface area contributed by atoms with Crippen molar-refractivity contribution < 1.29 is 22.7 Å². The molecule has 1 N–H and O–H groups in total. The van der Waals surface area contributed by atoms with Crippen LogP contribution in [0.1, 0.15) is 20.8 Å². The molecule has 1 saturated heterocycles. The van der Waals surface area contributed by atoms with Gasteiger partial charge in [0.1, 0.15) is 10.5 Å². The van der Waals surface area contributed by atoms with Crippen LogP contribution in [0.3, 0.4) is 0 Å². The molecule has 1 aromatic rings. The topological polar surface area (TPSA) is 84.9 Å². The maximum atomic E-state index is 12.9. The molecule has 1 fully saturated rings. The first-order valence-electron chi connectivity index (χ1n) is 7.47. The average Bonchev–Trinajstić information content (AvgIpc) is 2.48. The van der Waals surface area contributed by atoms with Gasteiger partial charge < -0.3 is 9.47 Å². The van der Waals surface area contributed by atoms with Crippen LogP contribution >= 0.6 is 15.9 Å². The maximum Gasteiger partial charge on any atom is 0.412 e. The van der Waals surface area contributed by atoms with Crippen LogP contribution in [0.2, 0.25) is 0 Å². The summed E-state index contributed by atoms with van der Waals surface area (Å²) in [6.07, 6.45) is -0.705. The first-order chi connectivity index (χ1) is 11.1. The third-order valence-corrected chi connectivity index (χ3v) is 5.60. The summed E-state index contributed by atoms with van der Waals surface area (Å²) >= 11 is 3.28. The molecular formula is C15H21BrN2O5S. The van der Waals surface area contributed by atoms with E-state index in [1.165, 1.54) is 16.4 Å². The fourth-order valence-corrected chi connectivity index (χ4v) is 4.25. The molecule has 0 saturated carbocycles. The Kier molecular flexibility index (Phi) is 5.90. The van der Waals surface area contributed by atoms with Crippen LogP contribution in [0.4, 0.5) is 10.5 Å². The van der Waals surface area contributed by atoms with E-state index in [2.05, 4.69) is 21.2 Å². The van der Waals surface area contributed by atoms with Crippen LogP contribution in [0, 0.1) is 0 Å². The van der Waals surface area contributed by atoms with Gasteiger partial charge in [-0.1, -0.05) is 15.9 Å². The quantitative estimate of drug-likeness (QED) is 0.812. The van der Waals surface area contributed by atoms with Gasteiger partial charge in [-0.2, -0.15) is 4.31 Å². The number of benzene rings is 1. The number of carbonyl (C=O) groups excluding carboxylic acids is 1. The van der Waals surface area contributed by atoms with Crippen LogP contribution < -0.4 is 5.32 Å². The van der Waals surface area contributed by atoms with Crippen LogP contribution in [0.15, 0.2) is 27.6 Å². The first kappa shape index (κ1) is 19.2. The van der Waals surface area contributed by atoms with Crippen molar-refractivity contribution in [1.29, 1.82) is 0 Å². The Hall–Kier alpha value is -1.16. The normalized spacial score (nSPS) is 16.7. The van der Waals surface area contributed by atoms with Gasteiger partial charge in [-0.05, 0) is 39.0 Å². The van der Waals surface area contributed by atoms with E-state index in [1.807, 2.05) is 0 Å². The Balaban J connectivity index is 2.32. The van der Waals surface area contributed by atoms with E-state index < -0.39 is 21.7 Å². The Morgan fingerprint density at radius 3 is 2.50 bits per heavy atom. The largest absolute Gasteiger partial charge is 0.444 e. The van der Waals surface area contributed by atoms with Crippen LogP contribution in [-0.4, -0.2) is 50.7 Å². The molecule has 2 rings (SSSR count). The molecule has 1 heterocycles. The Labute approximate surface area is 150 Å². The molecule has 1 aromatic carbocycles. The van der Waals surface area contributed by atoms with Crippen molar-refractivity contribution in [3.8, 4) is 0 Å². The van der Waals surface area contributed by atoms with Gasteiger partial charge >= 0.3 is 6.09 Å². The van der Waals surface area contributed by atoms with Gasteiger partial charge in [0.05, 0.1) is 18.9 Å². The Bertz CT molecular complexity index is 709. The minimum Gasteiger partial charge on any atom is -0.444 e. The molecule has 134 valence electrons. The molecule has 7 nitrogen and oxygen atoms in total. The summed E-state index contributed by atoms with van der Waals surface area (Å²) in [6, 6.07) is 4.66. The minimum absolute atomic E-state index is 0.0182. The number of rotatable bonds is 3. The molecule has 0 atom stereocenters. The SMILES string of the molecule is CC(C)(C)OC(=O)Nc1ccc(Br)cc1S(=O)(=O)N1CCOCC1. The van der Waals surface area contributed by atoms with Gasteiger partial charge in [0.2, 0.25) is 10.0 Å². The van der Waals surface area contributed by atoms with Crippen molar-refractivity contribution in [3.63, 3.8) is 0 Å². The average molecular weight is 421 g/mol. The highest BCUT2D eigenvalue weighted by molar-refractivity contribution is 9.10. The van der Waals surface area contributed by atoms with E-state index in [0.717, 1.165) is 0 Å². The van der Waals surface area contributed by atoms with Crippen molar-refractivity contribution in [2.75, 3.05) is 31.6 Å². The zero-order valence-corrected chi connectivity index (χ0v) is 16.2. The molecule has 1 amide bonds. The summed E-state index contributed by atoms with van der Waals surface area (Å²) in [5, 5.41) is 2.52. The number of halogens is 1. The van der Waals surface area contributed by atoms with E-state index in [0.29, 0.717) is 17.7 Å². The molecule has 0 aromatic heterocycles. The lowest BCUT2D eigenvalue weighted by molar-refractivity contribution is 0.0635. The van der Waals surface area contributed by atoms with Crippen molar-refractivity contribution in [2.24, 2.45) is 0 Å². The number of sulfonamides is 1. The third kappa shape index (κ3) is 4.92. The van der Waals surface area contributed by atoms with Crippen LogP contribution in [0.25, 0.3) is 0 Å². The standard InChI is InChI=1S/C15H21BrN2O5S/c1-15(2,3)23-14(19)17-12-5-4-11(16)10-13(12)24(20,21)18-6-8-22-9-7-18/h4-5,10H,6-9H2,1-3H3,(H,17,19). The second-order valence-corrected chi connectivity index (χ2v) is 9.11. The minimum atomic E-state index is -3.75. The lowest BCUT2D eigenvalue weighted by Gasteiger charge is -2.27. The van der Waals surface area contributed by atoms with E-state index in [1.54, 1.807) is 26.8 Å². The third-order valence-electron chi connectivity index (χ3n) is 3.17. The smallest absolute Gasteiger partial charge is 0.412 e. The summed E-state index contributed by atoms with van der Waals surface area (Å²) in [6.45, 7) is 6.46.